The molecule has 0 spiro atoms. The van der Waals surface area contributed by atoms with Crippen molar-refractivity contribution < 1.29 is 15.0 Å². The van der Waals surface area contributed by atoms with Crippen LogP contribution < -0.4 is 4.90 Å². The lowest BCUT2D eigenvalue weighted by atomic mass is 9.43. The number of carbonyl (C=O) groups is 1. The summed E-state index contributed by atoms with van der Waals surface area (Å²) in [5, 5.41) is 21.8. The van der Waals surface area contributed by atoms with E-state index in [9.17, 15) is 15.0 Å². The van der Waals surface area contributed by atoms with E-state index in [-0.39, 0.29) is 23.0 Å². The molecule has 4 fully saturated rings. The Morgan fingerprint density at radius 1 is 1.05 bits per heavy atom. The molecular formula is C33H49NO3. The van der Waals surface area contributed by atoms with Crippen molar-refractivity contribution >= 4 is 11.6 Å². The van der Waals surface area contributed by atoms with E-state index >= 15 is 0 Å². The number of benzene rings is 1. The van der Waals surface area contributed by atoms with E-state index < -0.39 is 0 Å². The summed E-state index contributed by atoms with van der Waals surface area (Å²) < 4.78 is 0. The van der Waals surface area contributed by atoms with Gasteiger partial charge in [0.1, 0.15) is 0 Å². The maximum atomic E-state index is 13.3. The molecule has 4 aliphatic carbocycles. The molecule has 4 nitrogen and oxygen atoms in total. The summed E-state index contributed by atoms with van der Waals surface area (Å²) in [5.74, 6) is 3.55. The average Bonchev–Trinajstić information content (AvgIpc) is 3.45. The topological polar surface area (TPSA) is 60.8 Å². The van der Waals surface area contributed by atoms with Crippen molar-refractivity contribution in [2.24, 2.45) is 46.3 Å². The predicted molar refractivity (Wildman–Crippen MR) is 148 cm³/mol. The fourth-order valence-electron chi connectivity index (χ4n) is 10.7. The second kappa shape index (κ2) is 9.37. The molecule has 37 heavy (non-hydrogen) atoms. The second-order valence-corrected chi connectivity index (χ2v) is 14.3. The first kappa shape index (κ1) is 25.9. The van der Waals surface area contributed by atoms with E-state index in [0.717, 1.165) is 50.8 Å². The highest BCUT2D eigenvalue weighted by Crippen LogP contribution is 2.68. The van der Waals surface area contributed by atoms with E-state index in [2.05, 4.69) is 45.9 Å². The van der Waals surface area contributed by atoms with Gasteiger partial charge in [-0.25, -0.2) is 0 Å². The fourth-order valence-corrected chi connectivity index (χ4v) is 10.7. The van der Waals surface area contributed by atoms with Crippen molar-refractivity contribution in [3.8, 4) is 0 Å². The highest BCUT2D eigenvalue weighted by atomic mass is 16.3. The molecule has 10 atom stereocenters. The smallest absolute Gasteiger partial charge is 0.227 e. The zero-order valence-corrected chi connectivity index (χ0v) is 23.6. The van der Waals surface area contributed by atoms with Gasteiger partial charge in [-0.15, -0.1) is 0 Å². The van der Waals surface area contributed by atoms with Gasteiger partial charge in [0.05, 0.1) is 12.2 Å². The number of hydrogen-bond donors (Lipinski definition) is 2. The van der Waals surface area contributed by atoms with Crippen LogP contribution in [0.1, 0.15) is 96.1 Å². The number of amides is 1. The van der Waals surface area contributed by atoms with Crippen LogP contribution in [0.3, 0.4) is 0 Å². The van der Waals surface area contributed by atoms with Crippen LogP contribution in [0.4, 0.5) is 5.69 Å². The lowest BCUT2D eigenvalue weighted by Crippen LogP contribution is -2.58. The number of fused-ring (bicyclic) bond motifs is 6. The van der Waals surface area contributed by atoms with Crippen molar-refractivity contribution in [1.82, 2.24) is 0 Å². The third-order valence-corrected chi connectivity index (χ3v) is 12.8. The maximum Gasteiger partial charge on any atom is 0.227 e. The first-order valence-electron chi connectivity index (χ1n) is 15.4. The van der Waals surface area contributed by atoms with E-state index in [1.165, 1.54) is 36.8 Å². The summed E-state index contributed by atoms with van der Waals surface area (Å²) in [4.78, 5) is 15.3. The van der Waals surface area contributed by atoms with Crippen molar-refractivity contribution in [2.45, 2.75) is 111 Å². The third-order valence-electron chi connectivity index (χ3n) is 12.8. The molecule has 4 heteroatoms. The van der Waals surface area contributed by atoms with E-state index in [4.69, 9.17) is 0 Å². The highest BCUT2D eigenvalue weighted by molar-refractivity contribution is 5.95. The molecule has 5 aliphatic rings. The quantitative estimate of drug-likeness (QED) is 0.503. The zero-order chi connectivity index (χ0) is 26.1. The van der Waals surface area contributed by atoms with Gasteiger partial charge in [-0.1, -0.05) is 32.9 Å². The Balaban J connectivity index is 1.13. The van der Waals surface area contributed by atoms with Crippen LogP contribution in [0, 0.1) is 53.3 Å². The standard InChI is InChI=1S/C33H49NO3/c1-20-6-5-7-28-24(20)14-17-34(28)30(37)11-8-21(2)25-9-10-26-31-27(13-16-33(25,26)4)32(3)15-12-23(35)18-22(32)19-29(31)36/h5-7,21-23,25-27,29,31,35-36H,8-19H2,1-4H3/t21-,22+,23-,25-,26+,27+,29+,31+,32+,33-/m1/s1. The van der Waals surface area contributed by atoms with Crippen molar-refractivity contribution in [3.05, 3.63) is 29.3 Å². The zero-order valence-electron chi connectivity index (χ0n) is 23.6. The molecule has 0 bridgehead atoms. The minimum Gasteiger partial charge on any atom is -0.393 e. The monoisotopic (exact) mass is 507 g/mol. The lowest BCUT2D eigenvalue weighted by molar-refractivity contribution is -0.174. The second-order valence-electron chi connectivity index (χ2n) is 14.3. The summed E-state index contributed by atoms with van der Waals surface area (Å²) >= 11 is 0. The molecule has 1 aliphatic heterocycles. The summed E-state index contributed by atoms with van der Waals surface area (Å²) in [6.07, 6.45) is 11.0. The molecule has 0 radical (unpaired) electrons. The number of nitrogens with zero attached hydrogens (tertiary/aromatic N) is 1. The molecular weight excluding hydrogens is 458 g/mol. The van der Waals surface area contributed by atoms with Crippen LogP contribution in [0.5, 0.6) is 0 Å². The van der Waals surface area contributed by atoms with E-state index in [1.807, 2.05) is 4.90 Å². The number of hydrogen-bond acceptors (Lipinski definition) is 3. The van der Waals surface area contributed by atoms with Crippen molar-refractivity contribution in [3.63, 3.8) is 0 Å². The minimum atomic E-state index is -0.215. The number of aryl methyl sites for hydroxylation is 1. The van der Waals surface area contributed by atoms with Gasteiger partial charge in [-0.05, 0) is 135 Å². The summed E-state index contributed by atoms with van der Waals surface area (Å²) in [6.45, 7) is 10.4. The van der Waals surface area contributed by atoms with Gasteiger partial charge in [-0.3, -0.25) is 4.79 Å². The van der Waals surface area contributed by atoms with Crippen LogP contribution in [0.15, 0.2) is 18.2 Å². The summed E-state index contributed by atoms with van der Waals surface area (Å²) in [5.41, 5.74) is 4.35. The molecule has 1 heterocycles. The Labute approximate surface area is 224 Å². The van der Waals surface area contributed by atoms with Gasteiger partial charge in [0.15, 0.2) is 0 Å². The summed E-state index contributed by atoms with van der Waals surface area (Å²) in [7, 11) is 0. The Hall–Kier alpha value is -1.39. The van der Waals surface area contributed by atoms with Gasteiger partial charge in [0.25, 0.3) is 0 Å². The molecule has 2 N–H and O–H groups in total. The lowest BCUT2D eigenvalue weighted by Gasteiger charge is -2.62. The average molecular weight is 508 g/mol. The van der Waals surface area contributed by atoms with Gasteiger partial charge < -0.3 is 15.1 Å². The normalized spacial score (nSPS) is 43.5. The van der Waals surface area contributed by atoms with Gasteiger partial charge in [-0.2, -0.15) is 0 Å². The fraction of sp³-hybridized carbons (Fsp3) is 0.788. The number of aliphatic hydroxyl groups excluding tert-OH is 2. The molecule has 0 aromatic heterocycles. The van der Waals surface area contributed by atoms with Crippen LogP contribution in [0.2, 0.25) is 0 Å². The summed E-state index contributed by atoms with van der Waals surface area (Å²) in [6, 6.07) is 6.35. The van der Waals surface area contributed by atoms with Crippen molar-refractivity contribution in [2.75, 3.05) is 11.4 Å². The first-order chi connectivity index (χ1) is 17.6. The SMILES string of the molecule is Cc1cccc2c1CCN2C(=O)CC[C@@H](C)[C@H]1CC[C@H]2[C@@H]3[C@@H](O)C[C@@H]4C[C@H](O)CC[C@]4(C)[C@H]3CC[C@]12C. The molecule has 4 saturated carbocycles. The first-order valence-corrected chi connectivity index (χ1v) is 15.4. The number of aliphatic hydroxyl groups is 2. The van der Waals surface area contributed by atoms with Crippen LogP contribution in [-0.2, 0) is 11.2 Å². The Kier molecular flexibility index (Phi) is 6.55. The predicted octanol–water partition coefficient (Wildman–Crippen LogP) is 6.29. The van der Waals surface area contributed by atoms with Gasteiger partial charge in [0.2, 0.25) is 5.91 Å². The van der Waals surface area contributed by atoms with Gasteiger partial charge in [0, 0.05) is 18.7 Å². The van der Waals surface area contributed by atoms with Crippen LogP contribution >= 0.6 is 0 Å². The highest BCUT2D eigenvalue weighted by Gasteiger charge is 2.62. The number of carbonyl (C=O) groups excluding carboxylic acids is 1. The Morgan fingerprint density at radius 3 is 2.62 bits per heavy atom. The number of rotatable bonds is 4. The Morgan fingerprint density at radius 2 is 1.81 bits per heavy atom. The molecule has 1 aromatic rings. The molecule has 6 rings (SSSR count). The number of anilines is 1. The maximum absolute atomic E-state index is 13.3. The largest absolute Gasteiger partial charge is 0.393 e. The van der Waals surface area contributed by atoms with Crippen LogP contribution in [0.25, 0.3) is 0 Å². The molecule has 0 saturated heterocycles. The molecule has 0 unspecified atom stereocenters. The minimum absolute atomic E-state index is 0.173. The third kappa shape index (κ3) is 4.03. The Bertz CT molecular complexity index is 1040. The van der Waals surface area contributed by atoms with E-state index in [1.54, 1.807) is 0 Å². The van der Waals surface area contributed by atoms with Crippen molar-refractivity contribution in [1.29, 1.82) is 0 Å². The van der Waals surface area contributed by atoms with Gasteiger partial charge >= 0.3 is 0 Å². The van der Waals surface area contributed by atoms with E-state index in [0.29, 0.717) is 47.8 Å². The molecule has 1 aromatic carbocycles. The molecule has 1 amide bonds. The molecule has 204 valence electrons. The van der Waals surface area contributed by atoms with Crippen LogP contribution in [-0.4, -0.2) is 34.9 Å².